The first-order valence-electron chi connectivity index (χ1n) is 9.79. The lowest BCUT2D eigenvalue weighted by Gasteiger charge is -2.37. The van der Waals surface area contributed by atoms with Gasteiger partial charge in [-0.05, 0) is 55.9 Å². The first-order chi connectivity index (χ1) is 13.5. The van der Waals surface area contributed by atoms with Gasteiger partial charge in [-0.3, -0.25) is 4.79 Å². The van der Waals surface area contributed by atoms with Gasteiger partial charge in [0.2, 0.25) is 11.9 Å². The van der Waals surface area contributed by atoms with Crippen LogP contribution in [0.2, 0.25) is 0 Å². The lowest BCUT2D eigenvalue weighted by Crippen LogP contribution is -2.52. The summed E-state index contributed by atoms with van der Waals surface area (Å²) in [5.74, 6) is -0.688. The number of amides is 1. The smallest absolute Gasteiger partial charge is 0.226 e. The van der Waals surface area contributed by atoms with Crippen molar-refractivity contribution in [2.45, 2.75) is 38.6 Å². The fraction of sp³-hybridized carbons (Fsp3) is 0.476. The number of aromatic nitrogens is 2. The van der Waals surface area contributed by atoms with Crippen molar-refractivity contribution in [3.8, 4) is 0 Å². The number of benzene rings is 1. The van der Waals surface area contributed by atoms with Gasteiger partial charge in [-0.1, -0.05) is 6.07 Å². The van der Waals surface area contributed by atoms with Crippen LogP contribution in [-0.4, -0.2) is 46.5 Å². The number of anilines is 1. The van der Waals surface area contributed by atoms with E-state index in [1.54, 1.807) is 6.07 Å². The Kier molecular flexibility index (Phi) is 5.24. The zero-order valence-electron chi connectivity index (χ0n) is 15.9. The van der Waals surface area contributed by atoms with Crippen LogP contribution in [0.4, 0.5) is 14.7 Å². The number of carbonyl (C=O) groups is 1. The molecule has 4 rings (SSSR count). The van der Waals surface area contributed by atoms with E-state index in [1.165, 1.54) is 6.07 Å². The van der Waals surface area contributed by atoms with Crippen molar-refractivity contribution in [1.82, 2.24) is 14.9 Å². The maximum absolute atomic E-state index is 13.3. The SMILES string of the molecule is Cc1cnc(N2CCN3C(=O)[C@@H](CCCc4ccc(F)c(F)c4)C[C@H]3C2)nc1. The molecule has 2 aliphatic rings. The van der Waals surface area contributed by atoms with Gasteiger partial charge in [0.05, 0.1) is 6.04 Å². The Labute approximate surface area is 163 Å². The Morgan fingerprint density at radius 3 is 2.68 bits per heavy atom. The molecular formula is C21H24F2N4O. The summed E-state index contributed by atoms with van der Waals surface area (Å²) in [7, 11) is 0. The fourth-order valence-corrected chi connectivity index (χ4v) is 4.23. The minimum absolute atomic E-state index is 0.00850. The molecule has 1 aromatic carbocycles. The summed E-state index contributed by atoms with van der Waals surface area (Å²) < 4.78 is 26.3. The number of hydrogen-bond donors (Lipinski definition) is 0. The second-order valence-electron chi connectivity index (χ2n) is 7.77. The van der Waals surface area contributed by atoms with Crippen molar-refractivity contribution in [2.24, 2.45) is 5.92 Å². The van der Waals surface area contributed by atoms with Gasteiger partial charge in [-0.15, -0.1) is 0 Å². The van der Waals surface area contributed by atoms with E-state index in [-0.39, 0.29) is 17.9 Å². The van der Waals surface area contributed by atoms with Crippen molar-refractivity contribution >= 4 is 11.9 Å². The highest BCUT2D eigenvalue weighted by Gasteiger charge is 2.42. The van der Waals surface area contributed by atoms with Gasteiger partial charge in [-0.2, -0.15) is 0 Å². The molecule has 0 radical (unpaired) electrons. The van der Waals surface area contributed by atoms with E-state index in [0.717, 1.165) is 55.5 Å². The number of rotatable bonds is 5. The van der Waals surface area contributed by atoms with Crippen molar-refractivity contribution < 1.29 is 13.6 Å². The fourth-order valence-electron chi connectivity index (χ4n) is 4.23. The third kappa shape index (κ3) is 3.84. The van der Waals surface area contributed by atoms with Crippen LogP contribution in [0.25, 0.3) is 0 Å². The molecule has 7 heteroatoms. The molecule has 2 saturated heterocycles. The molecule has 148 valence electrons. The number of nitrogens with zero attached hydrogens (tertiary/aromatic N) is 4. The van der Waals surface area contributed by atoms with E-state index in [2.05, 4.69) is 14.9 Å². The predicted molar refractivity (Wildman–Crippen MR) is 102 cm³/mol. The molecule has 0 bridgehead atoms. The summed E-state index contributed by atoms with van der Waals surface area (Å²) in [6.45, 7) is 4.16. The van der Waals surface area contributed by atoms with Crippen LogP contribution in [-0.2, 0) is 11.2 Å². The summed E-state index contributed by atoms with van der Waals surface area (Å²) >= 11 is 0. The van der Waals surface area contributed by atoms with E-state index in [4.69, 9.17) is 0 Å². The maximum atomic E-state index is 13.3. The maximum Gasteiger partial charge on any atom is 0.226 e. The number of carbonyl (C=O) groups excluding carboxylic acids is 1. The molecule has 2 aliphatic heterocycles. The van der Waals surface area contributed by atoms with Crippen LogP contribution in [0.3, 0.4) is 0 Å². The molecule has 2 atom stereocenters. The summed E-state index contributed by atoms with van der Waals surface area (Å²) in [6.07, 6.45) is 6.66. The molecule has 1 amide bonds. The van der Waals surface area contributed by atoms with Crippen molar-refractivity contribution in [1.29, 1.82) is 0 Å². The first-order valence-corrected chi connectivity index (χ1v) is 9.79. The van der Waals surface area contributed by atoms with Gasteiger partial charge in [0.15, 0.2) is 11.6 Å². The van der Waals surface area contributed by atoms with Crippen LogP contribution >= 0.6 is 0 Å². The highest BCUT2D eigenvalue weighted by molar-refractivity contribution is 5.82. The Morgan fingerprint density at radius 1 is 1.14 bits per heavy atom. The van der Waals surface area contributed by atoms with E-state index < -0.39 is 11.6 Å². The standard InChI is InChI=1S/C21H24F2N4O/c1-14-11-24-21(25-12-14)26-7-8-27-17(13-26)10-16(20(27)28)4-2-3-15-5-6-18(22)19(23)9-15/h5-6,9,11-12,16-17H,2-4,7-8,10,13H2,1H3/t16-,17-/m0/s1. The highest BCUT2D eigenvalue weighted by atomic mass is 19.2. The van der Waals surface area contributed by atoms with E-state index >= 15 is 0 Å². The minimum Gasteiger partial charge on any atom is -0.337 e. The van der Waals surface area contributed by atoms with Crippen LogP contribution in [0.1, 0.15) is 30.4 Å². The van der Waals surface area contributed by atoms with Crippen LogP contribution in [0.5, 0.6) is 0 Å². The number of hydrogen-bond acceptors (Lipinski definition) is 4. The van der Waals surface area contributed by atoms with E-state index in [0.29, 0.717) is 13.0 Å². The molecule has 0 N–H and O–H groups in total. The van der Waals surface area contributed by atoms with Crippen molar-refractivity contribution in [3.63, 3.8) is 0 Å². The third-order valence-corrected chi connectivity index (χ3v) is 5.72. The average molecular weight is 386 g/mol. The molecule has 1 aromatic heterocycles. The second kappa shape index (κ2) is 7.81. The molecule has 0 saturated carbocycles. The molecule has 5 nitrogen and oxygen atoms in total. The lowest BCUT2D eigenvalue weighted by molar-refractivity contribution is -0.132. The predicted octanol–water partition coefficient (Wildman–Crippen LogP) is 3.12. The van der Waals surface area contributed by atoms with Crippen LogP contribution < -0.4 is 4.90 Å². The minimum atomic E-state index is -0.825. The summed E-state index contributed by atoms with van der Waals surface area (Å²) in [4.78, 5) is 25.7. The quantitative estimate of drug-likeness (QED) is 0.792. The first kappa shape index (κ1) is 18.8. The van der Waals surface area contributed by atoms with Gasteiger partial charge in [-0.25, -0.2) is 18.7 Å². The van der Waals surface area contributed by atoms with Crippen molar-refractivity contribution in [2.75, 3.05) is 24.5 Å². The van der Waals surface area contributed by atoms with E-state index in [1.807, 2.05) is 24.2 Å². The van der Waals surface area contributed by atoms with Gasteiger partial charge in [0, 0.05) is 37.9 Å². The third-order valence-electron chi connectivity index (χ3n) is 5.72. The molecule has 3 heterocycles. The van der Waals surface area contributed by atoms with Crippen molar-refractivity contribution in [3.05, 3.63) is 53.4 Å². The molecule has 2 fully saturated rings. The highest BCUT2D eigenvalue weighted by Crippen LogP contribution is 2.32. The number of piperazine rings is 1. The largest absolute Gasteiger partial charge is 0.337 e. The molecular weight excluding hydrogens is 362 g/mol. The lowest BCUT2D eigenvalue weighted by atomic mass is 9.96. The molecule has 2 aromatic rings. The summed E-state index contributed by atoms with van der Waals surface area (Å²) in [5.41, 5.74) is 1.80. The van der Waals surface area contributed by atoms with Gasteiger partial charge in [0.1, 0.15) is 0 Å². The van der Waals surface area contributed by atoms with Crippen LogP contribution in [0.15, 0.2) is 30.6 Å². The molecule has 28 heavy (non-hydrogen) atoms. The topological polar surface area (TPSA) is 49.3 Å². The molecule has 0 aliphatic carbocycles. The Hall–Kier alpha value is -2.57. The summed E-state index contributed by atoms with van der Waals surface area (Å²) in [5, 5.41) is 0. The van der Waals surface area contributed by atoms with Gasteiger partial charge in [0.25, 0.3) is 0 Å². The van der Waals surface area contributed by atoms with Gasteiger partial charge < -0.3 is 9.80 Å². The zero-order chi connectivity index (χ0) is 19.7. The molecule has 0 unspecified atom stereocenters. The monoisotopic (exact) mass is 386 g/mol. The Bertz CT molecular complexity index is 858. The molecule has 0 spiro atoms. The Balaban J connectivity index is 1.32. The second-order valence-corrected chi connectivity index (χ2v) is 7.77. The number of aryl methyl sites for hydroxylation is 2. The number of fused-ring (bicyclic) bond motifs is 1. The normalized spacial score (nSPS) is 21.9. The van der Waals surface area contributed by atoms with Crippen LogP contribution in [0, 0.1) is 24.5 Å². The van der Waals surface area contributed by atoms with Gasteiger partial charge >= 0.3 is 0 Å². The zero-order valence-corrected chi connectivity index (χ0v) is 15.9. The number of halogens is 2. The van der Waals surface area contributed by atoms with E-state index in [9.17, 15) is 13.6 Å². The summed E-state index contributed by atoms with van der Waals surface area (Å²) in [6, 6.07) is 4.21. The Morgan fingerprint density at radius 2 is 1.93 bits per heavy atom. The average Bonchev–Trinajstić information content (AvgIpc) is 3.00.